The molecule has 1 nitrogen and oxygen atoms in total. The fourth-order valence-corrected chi connectivity index (χ4v) is 6.79. The van der Waals surface area contributed by atoms with E-state index < -0.39 is 0 Å². The molecule has 0 heterocycles. The lowest BCUT2D eigenvalue weighted by atomic mass is 9.77. The number of nitrogens with zero attached hydrogens (tertiary/aromatic N) is 1. The van der Waals surface area contributed by atoms with E-state index in [1.165, 1.54) is 50.2 Å². The normalized spacial score (nSPS) is 14.2. The largest absolute Gasteiger partial charge is 0.310 e. The number of anilines is 2. The SMILES string of the molecule is C=C/C(=C\C)N(c1ccc2c(c1)C(C)(C)c1ccccc1-2)c1c(CC(C)(C)/C(C=C)=C/C)cccc1-c1ccccc1. The quantitative estimate of drug-likeness (QED) is 0.188. The zero-order valence-electron chi connectivity index (χ0n) is 26.0. The molecule has 0 amide bonds. The van der Waals surface area contributed by atoms with Crippen molar-refractivity contribution < 1.29 is 0 Å². The molecule has 0 spiro atoms. The number of fused-ring (bicyclic) bond motifs is 3. The molecule has 1 aliphatic rings. The van der Waals surface area contributed by atoms with Crippen molar-refractivity contribution in [2.75, 3.05) is 4.90 Å². The third-order valence-corrected chi connectivity index (χ3v) is 8.96. The lowest BCUT2D eigenvalue weighted by Gasteiger charge is -2.34. The van der Waals surface area contributed by atoms with Gasteiger partial charge < -0.3 is 4.90 Å². The van der Waals surface area contributed by atoms with Crippen LogP contribution in [0, 0.1) is 5.41 Å². The van der Waals surface area contributed by atoms with Gasteiger partial charge in [0.25, 0.3) is 0 Å². The number of allylic oxidation sites excluding steroid dienone is 5. The summed E-state index contributed by atoms with van der Waals surface area (Å²) in [5.41, 5.74) is 13.5. The molecule has 1 aliphatic carbocycles. The Balaban J connectivity index is 1.79. The van der Waals surface area contributed by atoms with Gasteiger partial charge >= 0.3 is 0 Å². The average Bonchev–Trinajstić information content (AvgIpc) is 3.23. The number of hydrogen-bond acceptors (Lipinski definition) is 1. The minimum absolute atomic E-state index is 0.0908. The Labute approximate surface area is 253 Å². The first kappa shape index (κ1) is 29.1. The van der Waals surface area contributed by atoms with Crippen molar-refractivity contribution in [1.29, 1.82) is 0 Å². The van der Waals surface area contributed by atoms with Crippen LogP contribution in [0.5, 0.6) is 0 Å². The van der Waals surface area contributed by atoms with Gasteiger partial charge in [0.1, 0.15) is 0 Å². The molecule has 1 heteroatoms. The molecule has 0 unspecified atom stereocenters. The van der Waals surface area contributed by atoms with E-state index in [0.29, 0.717) is 0 Å². The molecule has 4 aromatic rings. The molecule has 212 valence electrons. The van der Waals surface area contributed by atoms with Crippen LogP contribution in [0.2, 0.25) is 0 Å². The van der Waals surface area contributed by atoms with Gasteiger partial charge in [-0.2, -0.15) is 0 Å². The smallest absolute Gasteiger partial charge is 0.0572 e. The van der Waals surface area contributed by atoms with Crippen molar-refractivity contribution in [3.8, 4) is 22.3 Å². The highest BCUT2D eigenvalue weighted by Crippen LogP contribution is 2.51. The fraction of sp³-hybridized carbons (Fsp3) is 0.220. The lowest BCUT2D eigenvalue weighted by Crippen LogP contribution is -2.23. The summed E-state index contributed by atoms with van der Waals surface area (Å²) in [5.74, 6) is 0. The van der Waals surface area contributed by atoms with Crippen molar-refractivity contribution in [2.24, 2.45) is 5.41 Å². The van der Waals surface area contributed by atoms with Crippen molar-refractivity contribution >= 4 is 11.4 Å². The minimum Gasteiger partial charge on any atom is -0.310 e. The summed E-state index contributed by atoms with van der Waals surface area (Å²) >= 11 is 0. The zero-order chi connectivity index (χ0) is 30.1. The summed E-state index contributed by atoms with van der Waals surface area (Å²) in [6, 6.07) is 33.3. The van der Waals surface area contributed by atoms with Crippen LogP contribution in [0.15, 0.2) is 140 Å². The highest BCUT2D eigenvalue weighted by Gasteiger charge is 2.36. The third-order valence-electron chi connectivity index (χ3n) is 8.96. The molecule has 42 heavy (non-hydrogen) atoms. The van der Waals surface area contributed by atoms with Crippen LogP contribution < -0.4 is 4.90 Å². The molecule has 0 N–H and O–H groups in total. The van der Waals surface area contributed by atoms with Gasteiger partial charge in [-0.15, -0.1) is 0 Å². The van der Waals surface area contributed by atoms with Gasteiger partial charge in [0, 0.05) is 22.4 Å². The van der Waals surface area contributed by atoms with Gasteiger partial charge in [0.15, 0.2) is 0 Å². The lowest BCUT2D eigenvalue weighted by molar-refractivity contribution is 0.454. The van der Waals surface area contributed by atoms with Crippen molar-refractivity contribution in [3.63, 3.8) is 0 Å². The molecule has 0 saturated carbocycles. The van der Waals surface area contributed by atoms with Gasteiger partial charge in [-0.3, -0.25) is 0 Å². The first-order valence-electron chi connectivity index (χ1n) is 15.0. The van der Waals surface area contributed by atoms with Crippen LogP contribution >= 0.6 is 0 Å². The summed E-state index contributed by atoms with van der Waals surface area (Å²) < 4.78 is 0. The van der Waals surface area contributed by atoms with E-state index in [2.05, 4.69) is 163 Å². The van der Waals surface area contributed by atoms with Gasteiger partial charge in [-0.25, -0.2) is 0 Å². The van der Waals surface area contributed by atoms with Crippen LogP contribution in [0.25, 0.3) is 22.3 Å². The molecule has 0 atom stereocenters. The highest BCUT2D eigenvalue weighted by molar-refractivity contribution is 5.89. The van der Waals surface area contributed by atoms with E-state index >= 15 is 0 Å². The predicted molar refractivity (Wildman–Crippen MR) is 183 cm³/mol. The maximum atomic E-state index is 4.27. The first-order chi connectivity index (χ1) is 20.2. The summed E-state index contributed by atoms with van der Waals surface area (Å²) in [6.07, 6.45) is 9.19. The Morgan fingerprint density at radius 2 is 1.40 bits per heavy atom. The van der Waals surface area contributed by atoms with Crippen molar-refractivity contribution in [2.45, 2.75) is 53.4 Å². The second kappa shape index (κ2) is 11.5. The number of hydrogen-bond donors (Lipinski definition) is 0. The maximum absolute atomic E-state index is 4.27. The first-order valence-corrected chi connectivity index (χ1v) is 15.0. The summed E-state index contributed by atoms with van der Waals surface area (Å²) in [4.78, 5) is 2.42. The van der Waals surface area contributed by atoms with E-state index in [-0.39, 0.29) is 10.8 Å². The van der Waals surface area contributed by atoms with E-state index in [4.69, 9.17) is 0 Å². The van der Waals surface area contributed by atoms with Crippen LogP contribution in [-0.4, -0.2) is 0 Å². The molecule has 5 rings (SSSR count). The topological polar surface area (TPSA) is 3.24 Å². The van der Waals surface area contributed by atoms with Crippen LogP contribution in [0.4, 0.5) is 11.4 Å². The van der Waals surface area contributed by atoms with Crippen LogP contribution in [-0.2, 0) is 11.8 Å². The number of benzene rings is 4. The molecular formula is C41H43N. The summed E-state index contributed by atoms with van der Waals surface area (Å²) in [6.45, 7) is 21.9. The Morgan fingerprint density at radius 1 is 0.738 bits per heavy atom. The number of para-hydroxylation sites is 1. The van der Waals surface area contributed by atoms with Gasteiger partial charge in [0.2, 0.25) is 0 Å². The van der Waals surface area contributed by atoms with Gasteiger partial charge in [-0.1, -0.05) is 138 Å². The second-order valence-corrected chi connectivity index (χ2v) is 12.3. The van der Waals surface area contributed by atoms with Crippen molar-refractivity contribution in [1.82, 2.24) is 0 Å². The molecule has 0 bridgehead atoms. The molecular weight excluding hydrogens is 506 g/mol. The summed E-state index contributed by atoms with van der Waals surface area (Å²) in [5, 5.41) is 0. The predicted octanol–water partition coefficient (Wildman–Crippen LogP) is 11.6. The molecule has 4 aromatic carbocycles. The van der Waals surface area contributed by atoms with Crippen molar-refractivity contribution in [3.05, 3.63) is 156 Å². The standard InChI is InChI=1S/C41H43N/c1-9-31(10-2)40(5,6)28-30-21-18-23-34(29-19-14-13-15-20-29)39(30)42(32(11-3)12-4)33-25-26-36-35-22-16-17-24-37(35)41(7,8)38(36)27-33/h9-27H,1,3,28H2,2,4-8H3/b31-10+,32-12+. The van der Waals surface area contributed by atoms with Crippen LogP contribution in [0.1, 0.15) is 58.2 Å². The maximum Gasteiger partial charge on any atom is 0.0572 e. The molecule has 0 fully saturated rings. The van der Waals surface area contributed by atoms with Gasteiger partial charge in [0.05, 0.1) is 5.69 Å². The van der Waals surface area contributed by atoms with Crippen LogP contribution in [0.3, 0.4) is 0 Å². The van der Waals surface area contributed by atoms with Gasteiger partial charge in [-0.05, 0) is 82.8 Å². The van der Waals surface area contributed by atoms with E-state index in [0.717, 1.165) is 17.8 Å². The number of rotatable bonds is 9. The fourth-order valence-electron chi connectivity index (χ4n) is 6.79. The molecule has 0 aromatic heterocycles. The third kappa shape index (κ3) is 4.98. The average molecular weight is 550 g/mol. The minimum atomic E-state index is -0.0991. The Kier molecular flexibility index (Phi) is 7.97. The Bertz CT molecular complexity index is 1690. The Morgan fingerprint density at radius 3 is 2.07 bits per heavy atom. The Hall–Kier alpha value is -4.36. The monoisotopic (exact) mass is 549 g/mol. The highest BCUT2D eigenvalue weighted by atomic mass is 15.2. The summed E-state index contributed by atoms with van der Waals surface area (Å²) in [7, 11) is 0. The second-order valence-electron chi connectivity index (χ2n) is 12.3. The molecule has 0 aliphatic heterocycles. The molecule has 0 saturated heterocycles. The zero-order valence-corrected chi connectivity index (χ0v) is 26.0. The van der Waals surface area contributed by atoms with E-state index in [1.807, 2.05) is 12.2 Å². The van der Waals surface area contributed by atoms with E-state index in [1.54, 1.807) is 0 Å². The molecule has 0 radical (unpaired) electrons. The van der Waals surface area contributed by atoms with E-state index in [9.17, 15) is 0 Å².